The Kier molecular flexibility index (Phi) is 7.54. The molecule has 152 valence electrons. The lowest BCUT2D eigenvalue weighted by molar-refractivity contribution is -0.124. The Balaban J connectivity index is 0.00000280. The SMILES string of the molecule is CC(C)(C)NC(=O)COc1ccc(CNCc2ccc3c(c2)OCO3)cc1.[Cl-]. The van der Waals surface area contributed by atoms with Gasteiger partial charge in [-0.15, -0.1) is 0 Å². The van der Waals surface area contributed by atoms with E-state index in [9.17, 15) is 4.79 Å². The van der Waals surface area contributed by atoms with Gasteiger partial charge in [-0.1, -0.05) is 18.2 Å². The van der Waals surface area contributed by atoms with Gasteiger partial charge in [-0.25, -0.2) is 0 Å². The smallest absolute Gasteiger partial charge is 0.258 e. The molecule has 2 aromatic carbocycles. The summed E-state index contributed by atoms with van der Waals surface area (Å²) in [5.41, 5.74) is 2.03. The van der Waals surface area contributed by atoms with E-state index in [2.05, 4.69) is 10.6 Å². The summed E-state index contributed by atoms with van der Waals surface area (Å²) in [5, 5.41) is 6.27. The first-order valence-electron chi connectivity index (χ1n) is 9.01. The van der Waals surface area contributed by atoms with Crippen LogP contribution in [0.15, 0.2) is 42.5 Å². The topological polar surface area (TPSA) is 68.8 Å². The van der Waals surface area contributed by atoms with Crippen LogP contribution in [0.25, 0.3) is 0 Å². The van der Waals surface area contributed by atoms with Crippen LogP contribution < -0.4 is 37.3 Å². The summed E-state index contributed by atoms with van der Waals surface area (Å²) in [7, 11) is 0. The van der Waals surface area contributed by atoms with E-state index < -0.39 is 0 Å². The van der Waals surface area contributed by atoms with Crippen molar-refractivity contribution in [3.63, 3.8) is 0 Å². The van der Waals surface area contributed by atoms with E-state index in [1.54, 1.807) is 0 Å². The van der Waals surface area contributed by atoms with Crippen molar-refractivity contribution in [1.29, 1.82) is 0 Å². The molecule has 0 bridgehead atoms. The molecule has 0 aliphatic carbocycles. The summed E-state index contributed by atoms with van der Waals surface area (Å²) in [4.78, 5) is 11.8. The standard InChI is InChI=1S/C21H26N2O4.ClH/c1-21(2,3)23-20(24)13-25-17-7-4-15(5-8-17)11-22-12-16-6-9-18-19(10-16)27-14-26-18;/h4-10,22H,11-14H2,1-3H3,(H,23,24);1H/p-1. The first-order chi connectivity index (χ1) is 12.9. The third kappa shape index (κ3) is 6.62. The molecule has 1 heterocycles. The molecule has 0 radical (unpaired) electrons. The molecule has 0 saturated carbocycles. The van der Waals surface area contributed by atoms with Crippen LogP contribution >= 0.6 is 0 Å². The lowest BCUT2D eigenvalue weighted by Gasteiger charge is -2.20. The minimum absolute atomic E-state index is 0. The molecule has 1 aliphatic rings. The number of carbonyl (C=O) groups excluding carboxylic acids is 1. The van der Waals surface area contributed by atoms with Crippen LogP contribution in [-0.2, 0) is 17.9 Å². The van der Waals surface area contributed by atoms with Crippen LogP contribution in [0.4, 0.5) is 0 Å². The van der Waals surface area contributed by atoms with Gasteiger partial charge in [-0.3, -0.25) is 4.79 Å². The summed E-state index contributed by atoms with van der Waals surface area (Å²) < 4.78 is 16.2. The Morgan fingerprint density at radius 3 is 2.36 bits per heavy atom. The Morgan fingerprint density at radius 2 is 1.64 bits per heavy atom. The zero-order valence-electron chi connectivity index (χ0n) is 16.4. The van der Waals surface area contributed by atoms with Gasteiger partial charge in [0.05, 0.1) is 0 Å². The second-order valence-corrected chi connectivity index (χ2v) is 7.52. The number of amides is 1. The highest BCUT2D eigenvalue weighted by Gasteiger charge is 2.14. The van der Waals surface area contributed by atoms with E-state index in [1.807, 2.05) is 63.2 Å². The van der Waals surface area contributed by atoms with Gasteiger partial charge in [0, 0.05) is 18.6 Å². The third-order valence-electron chi connectivity index (χ3n) is 3.90. The number of hydrogen-bond donors (Lipinski definition) is 2. The number of ether oxygens (including phenoxy) is 3. The Labute approximate surface area is 172 Å². The average molecular weight is 406 g/mol. The predicted molar refractivity (Wildman–Crippen MR) is 103 cm³/mol. The van der Waals surface area contributed by atoms with Gasteiger partial charge >= 0.3 is 0 Å². The van der Waals surface area contributed by atoms with Crippen LogP contribution in [0.5, 0.6) is 17.2 Å². The van der Waals surface area contributed by atoms with E-state index in [-0.39, 0.29) is 30.5 Å². The van der Waals surface area contributed by atoms with Gasteiger partial charge < -0.3 is 37.3 Å². The number of hydrogen-bond acceptors (Lipinski definition) is 5. The van der Waals surface area contributed by atoms with Crippen molar-refractivity contribution < 1.29 is 31.4 Å². The van der Waals surface area contributed by atoms with Gasteiger partial charge in [-0.05, 0) is 56.2 Å². The van der Waals surface area contributed by atoms with Crippen molar-refractivity contribution in [3.05, 3.63) is 53.6 Å². The number of fused-ring (bicyclic) bond motifs is 1. The highest BCUT2D eigenvalue weighted by molar-refractivity contribution is 5.78. The van der Waals surface area contributed by atoms with Crippen LogP contribution in [0.2, 0.25) is 0 Å². The van der Waals surface area contributed by atoms with Crippen LogP contribution in [0.3, 0.4) is 0 Å². The van der Waals surface area contributed by atoms with E-state index >= 15 is 0 Å². The molecule has 1 amide bonds. The first-order valence-corrected chi connectivity index (χ1v) is 9.01. The molecule has 28 heavy (non-hydrogen) atoms. The predicted octanol–water partition coefficient (Wildman–Crippen LogP) is 0.00260. The molecule has 0 aromatic heterocycles. The largest absolute Gasteiger partial charge is 1.00 e. The number of halogens is 1. The summed E-state index contributed by atoms with van der Waals surface area (Å²) in [5.74, 6) is 2.15. The molecule has 0 fully saturated rings. The number of rotatable bonds is 7. The quantitative estimate of drug-likeness (QED) is 0.679. The maximum atomic E-state index is 11.8. The number of benzene rings is 2. The molecule has 7 heteroatoms. The number of carbonyl (C=O) groups is 1. The van der Waals surface area contributed by atoms with Crippen LogP contribution in [0, 0.1) is 0 Å². The van der Waals surface area contributed by atoms with Crippen molar-refractivity contribution in [2.45, 2.75) is 39.4 Å². The highest BCUT2D eigenvalue weighted by atomic mass is 35.5. The molecule has 0 spiro atoms. The Bertz CT molecular complexity index is 788. The van der Waals surface area contributed by atoms with Crippen molar-refractivity contribution in [1.82, 2.24) is 10.6 Å². The Hall–Kier alpha value is -2.44. The minimum Gasteiger partial charge on any atom is -1.00 e. The van der Waals surface area contributed by atoms with Gasteiger partial charge in [0.2, 0.25) is 6.79 Å². The molecule has 1 aliphatic heterocycles. The lowest BCUT2D eigenvalue weighted by atomic mass is 10.1. The number of nitrogens with one attached hydrogen (secondary N) is 2. The summed E-state index contributed by atoms with van der Waals surface area (Å²) >= 11 is 0. The third-order valence-corrected chi connectivity index (χ3v) is 3.90. The monoisotopic (exact) mass is 405 g/mol. The van der Waals surface area contributed by atoms with Crippen molar-refractivity contribution in [3.8, 4) is 17.2 Å². The van der Waals surface area contributed by atoms with Gasteiger partial charge in [-0.2, -0.15) is 0 Å². The van der Waals surface area contributed by atoms with Crippen LogP contribution in [-0.4, -0.2) is 24.8 Å². The zero-order chi connectivity index (χ0) is 19.3. The van der Waals surface area contributed by atoms with E-state index in [4.69, 9.17) is 14.2 Å². The normalized spacial score (nSPS) is 12.2. The maximum absolute atomic E-state index is 11.8. The van der Waals surface area contributed by atoms with Gasteiger partial charge in [0.1, 0.15) is 5.75 Å². The van der Waals surface area contributed by atoms with E-state index in [0.717, 1.165) is 35.7 Å². The fraction of sp³-hybridized carbons (Fsp3) is 0.381. The molecule has 6 nitrogen and oxygen atoms in total. The van der Waals surface area contributed by atoms with Crippen molar-refractivity contribution in [2.75, 3.05) is 13.4 Å². The van der Waals surface area contributed by atoms with Gasteiger partial charge in [0.25, 0.3) is 5.91 Å². The minimum atomic E-state index is -0.256. The maximum Gasteiger partial charge on any atom is 0.258 e. The first kappa shape index (κ1) is 21.9. The molecule has 0 saturated heterocycles. The average Bonchev–Trinajstić information content (AvgIpc) is 3.07. The molecule has 3 rings (SSSR count). The summed E-state index contributed by atoms with van der Waals surface area (Å²) in [6.45, 7) is 7.60. The van der Waals surface area contributed by atoms with Crippen molar-refractivity contribution in [2.24, 2.45) is 0 Å². The highest BCUT2D eigenvalue weighted by Crippen LogP contribution is 2.32. The molecule has 0 atom stereocenters. The summed E-state index contributed by atoms with van der Waals surface area (Å²) in [6, 6.07) is 13.7. The second kappa shape index (κ2) is 9.66. The fourth-order valence-corrected chi connectivity index (χ4v) is 2.71. The molecular formula is C21H26ClN2O4-. The van der Waals surface area contributed by atoms with E-state index in [1.165, 1.54) is 0 Å². The lowest BCUT2D eigenvalue weighted by Crippen LogP contribution is -3.00. The van der Waals surface area contributed by atoms with Gasteiger partial charge in [0.15, 0.2) is 18.1 Å². The summed E-state index contributed by atoms with van der Waals surface area (Å²) in [6.07, 6.45) is 0. The molecule has 2 aromatic rings. The van der Waals surface area contributed by atoms with E-state index in [0.29, 0.717) is 12.5 Å². The molecular weight excluding hydrogens is 380 g/mol. The fourth-order valence-electron chi connectivity index (χ4n) is 2.71. The van der Waals surface area contributed by atoms with Crippen LogP contribution in [0.1, 0.15) is 31.9 Å². The second-order valence-electron chi connectivity index (χ2n) is 7.52. The molecule has 0 unspecified atom stereocenters. The Morgan fingerprint density at radius 1 is 1.00 bits per heavy atom. The molecule has 2 N–H and O–H groups in total. The van der Waals surface area contributed by atoms with Crippen molar-refractivity contribution >= 4 is 5.91 Å². The zero-order valence-corrected chi connectivity index (χ0v) is 17.1.